The van der Waals surface area contributed by atoms with Crippen molar-refractivity contribution in [3.05, 3.63) is 23.0 Å². The minimum atomic E-state index is 0.207. The Morgan fingerprint density at radius 3 is 2.89 bits per heavy atom. The number of nitrogens with zero attached hydrogens (tertiary/aromatic N) is 2. The zero-order valence-electron chi connectivity index (χ0n) is 10.2. The molecule has 0 aliphatic carbocycles. The van der Waals surface area contributed by atoms with Crippen molar-refractivity contribution in [2.45, 2.75) is 31.7 Å². The highest BCUT2D eigenvalue weighted by Gasteiger charge is 2.31. The predicted molar refractivity (Wildman–Crippen MR) is 70.9 cm³/mol. The first-order valence-corrected chi connectivity index (χ1v) is 6.81. The van der Waals surface area contributed by atoms with Gasteiger partial charge in [0.25, 0.3) is 0 Å². The van der Waals surface area contributed by atoms with Gasteiger partial charge in [-0.1, -0.05) is 11.6 Å². The quantitative estimate of drug-likeness (QED) is 0.842. The zero-order valence-corrected chi connectivity index (χ0v) is 10.9. The number of hydrogen-bond donors (Lipinski definition) is 1. The summed E-state index contributed by atoms with van der Waals surface area (Å²) < 4.78 is 0. The van der Waals surface area contributed by atoms with Crippen LogP contribution in [0.25, 0.3) is 0 Å². The van der Waals surface area contributed by atoms with Crippen molar-refractivity contribution in [2.24, 2.45) is 0 Å². The standard InChI is InChI=1S/C13H16ClN3O/c14-9-7-12-11(16-8-9)1-2-13(18)17(12)10-3-5-15-6-4-10/h7-8,10,15H,1-6H2. The van der Waals surface area contributed by atoms with Gasteiger partial charge in [-0.25, -0.2) is 0 Å². The van der Waals surface area contributed by atoms with Gasteiger partial charge in [-0.3, -0.25) is 9.78 Å². The lowest BCUT2D eigenvalue weighted by molar-refractivity contribution is -0.119. The topological polar surface area (TPSA) is 45.2 Å². The molecule has 0 bridgehead atoms. The lowest BCUT2D eigenvalue weighted by Gasteiger charge is -2.37. The molecule has 1 amide bonds. The number of halogens is 1. The van der Waals surface area contributed by atoms with Gasteiger partial charge in [0.2, 0.25) is 5.91 Å². The predicted octanol–water partition coefficient (Wildman–Crippen LogP) is 1.77. The number of carbonyl (C=O) groups is 1. The molecular weight excluding hydrogens is 250 g/mol. The molecule has 1 aromatic rings. The second kappa shape index (κ2) is 4.86. The van der Waals surface area contributed by atoms with Crippen LogP contribution in [0.1, 0.15) is 25.0 Å². The monoisotopic (exact) mass is 265 g/mol. The van der Waals surface area contributed by atoms with Crippen LogP contribution in [0.2, 0.25) is 5.02 Å². The van der Waals surface area contributed by atoms with Crippen LogP contribution in [0.4, 0.5) is 5.69 Å². The fraction of sp³-hybridized carbons (Fsp3) is 0.538. The Hall–Kier alpha value is -1.13. The molecule has 1 saturated heterocycles. The average Bonchev–Trinajstić information content (AvgIpc) is 2.39. The van der Waals surface area contributed by atoms with Crippen LogP contribution in [-0.2, 0) is 11.2 Å². The summed E-state index contributed by atoms with van der Waals surface area (Å²) in [5.41, 5.74) is 1.92. The third-order valence-electron chi connectivity index (χ3n) is 3.69. The molecule has 2 aliphatic heterocycles. The number of pyridine rings is 1. The molecule has 0 radical (unpaired) electrons. The minimum absolute atomic E-state index is 0.207. The Morgan fingerprint density at radius 2 is 2.11 bits per heavy atom. The summed E-state index contributed by atoms with van der Waals surface area (Å²) in [6, 6.07) is 2.17. The lowest BCUT2D eigenvalue weighted by Crippen LogP contribution is -2.48. The third kappa shape index (κ3) is 2.10. The molecule has 18 heavy (non-hydrogen) atoms. The van der Waals surface area contributed by atoms with E-state index in [0.29, 0.717) is 11.4 Å². The maximum absolute atomic E-state index is 12.2. The van der Waals surface area contributed by atoms with E-state index in [9.17, 15) is 4.79 Å². The summed E-state index contributed by atoms with van der Waals surface area (Å²) in [6.45, 7) is 1.94. The maximum atomic E-state index is 12.2. The number of carbonyl (C=O) groups excluding carboxylic acids is 1. The maximum Gasteiger partial charge on any atom is 0.227 e. The Labute approximate surface area is 111 Å². The molecule has 3 rings (SSSR count). The van der Waals surface area contributed by atoms with Crippen molar-refractivity contribution in [3.8, 4) is 0 Å². The molecule has 1 fully saturated rings. The van der Waals surface area contributed by atoms with Crippen LogP contribution >= 0.6 is 11.6 Å². The highest BCUT2D eigenvalue weighted by atomic mass is 35.5. The summed E-state index contributed by atoms with van der Waals surface area (Å²) >= 11 is 6.02. The third-order valence-corrected chi connectivity index (χ3v) is 3.90. The summed E-state index contributed by atoms with van der Waals surface area (Å²) in [5, 5.41) is 3.92. The van der Waals surface area contributed by atoms with E-state index in [0.717, 1.165) is 43.7 Å². The van der Waals surface area contributed by atoms with Gasteiger partial charge in [-0.15, -0.1) is 0 Å². The Morgan fingerprint density at radius 1 is 1.33 bits per heavy atom. The van der Waals surface area contributed by atoms with Crippen LogP contribution in [0.3, 0.4) is 0 Å². The minimum Gasteiger partial charge on any atom is -0.317 e. The van der Waals surface area contributed by atoms with E-state index < -0.39 is 0 Å². The van der Waals surface area contributed by atoms with Gasteiger partial charge in [-0.05, 0) is 32.0 Å². The summed E-state index contributed by atoms with van der Waals surface area (Å²) in [5.74, 6) is 0.207. The zero-order chi connectivity index (χ0) is 12.5. The smallest absolute Gasteiger partial charge is 0.227 e. The molecule has 5 heteroatoms. The van der Waals surface area contributed by atoms with E-state index in [4.69, 9.17) is 11.6 Å². The Kier molecular flexibility index (Phi) is 3.22. The highest BCUT2D eigenvalue weighted by molar-refractivity contribution is 6.30. The van der Waals surface area contributed by atoms with Crippen molar-refractivity contribution >= 4 is 23.2 Å². The second-order valence-corrected chi connectivity index (χ2v) is 5.30. The molecule has 96 valence electrons. The molecule has 1 aromatic heterocycles. The Balaban J connectivity index is 1.97. The molecule has 4 nitrogen and oxygen atoms in total. The number of fused-ring (bicyclic) bond motifs is 1. The van der Waals surface area contributed by atoms with Gasteiger partial charge in [-0.2, -0.15) is 0 Å². The summed E-state index contributed by atoms with van der Waals surface area (Å²) in [4.78, 5) is 18.5. The number of nitrogens with one attached hydrogen (secondary N) is 1. The van der Waals surface area contributed by atoms with Gasteiger partial charge in [0.1, 0.15) is 0 Å². The number of aromatic nitrogens is 1. The number of aryl methyl sites for hydroxylation is 1. The van der Waals surface area contributed by atoms with Crippen molar-refractivity contribution in [2.75, 3.05) is 18.0 Å². The van der Waals surface area contributed by atoms with E-state index in [1.807, 2.05) is 11.0 Å². The highest BCUT2D eigenvalue weighted by Crippen LogP contribution is 2.32. The van der Waals surface area contributed by atoms with Crippen molar-refractivity contribution in [1.82, 2.24) is 10.3 Å². The van der Waals surface area contributed by atoms with Crippen LogP contribution < -0.4 is 10.2 Å². The Bertz CT molecular complexity index is 471. The molecule has 0 aromatic carbocycles. The van der Waals surface area contributed by atoms with E-state index >= 15 is 0 Å². The first-order valence-electron chi connectivity index (χ1n) is 6.43. The molecule has 3 heterocycles. The first-order chi connectivity index (χ1) is 8.75. The second-order valence-electron chi connectivity index (χ2n) is 4.86. The number of piperidine rings is 1. The normalized spacial score (nSPS) is 20.9. The van der Waals surface area contributed by atoms with E-state index in [1.54, 1.807) is 6.20 Å². The van der Waals surface area contributed by atoms with Gasteiger partial charge >= 0.3 is 0 Å². The van der Waals surface area contributed by atoms with Crippen LogP contribution in [0, 0.1) is 0 Å². The number of amides is 1. The molecule has 1 N–H and O–H groups in total. The molecule has 2 aliphatic rings. The number of hydrogen-bond acceptors (Lipinski definition) is 3. The van der Waals surface area contributed by atoms with Gasteiger partial charge in [0.15, 0.2) is 0 Å². The summed E-state index contributed by atoms with van der Waals surface area (Å²) in [7, 11) is 0. The fourth-order valence-electron chi connectivity index (χ4n) is 2.80. The number of rotatable bonds is 1. The van der Waals surface area contributed by atoms with Gasteiger partial charge < -0.3 is 10.2 Å². The van der Waals surface area contributed by atoms with Crippen molar-refractivity contribution in [3.63, 3.8) is 0 Å². The van der Waals surface area contributed by atoms with Gasteiger partial charge in [0, 0.05) is 25.1 Å². The summed E-state index contributed by atoms with van der Waals surface area (Å²) in [6.07, 6.45) is 4.95. The molecular formula is C13H16ClN3O. The fourth-order valence-corrected chi connectivity index (χ4v) is 2.96. The van der Waals surface area contributed by atoms with Crippen LogP contribution in [0.15, 0.2) is 12.3 Å². The van der Waals surface area contributed by atoms with Crippen LogP contribution in [0.5, 0.6) is 0 Å². The van der Waals surface area contributed by atoms with Gasteiger partial charge in [0.05, 0.1) is 16.4 Å². The molecule has 0 atom stereocenters. The van der Waals surface area contributed by atoms with E-state index in [2.05, 4.69) is 10.3 Å². The van der Waals surface area contributed by atoms with Crippen molar-refractivity contribution in [1.29, 1.82) is 0 Å². The average molecular weight is 266 g/mol. The largest absolute Gasteiger partial charge is 0.317 e. The molecule has 0 spiro atoms. The van der Waals surface area contributed by atoms with E-state index in [-0.39, 0.29) is 11.9 Å². The number of anilines is 1. The molecule has 0 saturated carbocycles. The SMILES string of the molecule is O=C1CCc2ncc(Cl)cc2N1C1CCNCC1. The lowest BCUT2D eigenvalue weighted by atomic mass is 9.99. The van der Waals surface area contributed by atoms with Crippen molar-refractivity contribution < 1.29 is 4.79 Å². The molecule has 0 unspecified atom stereocenters. The van der Waals surface area contributed by atoms with Crippen LogP contribution in [-0.4, -0.2) is 30.0 Å². The van der Waals surface area contributed by atoms with E-state index in [1.165, 1.54) is 0 Å². The first kappa shape index (κ1) is 11.9.